The number of carbonyl (C=O) groups excluding carboxylic acids is 2. The van der Waals surface area contributed by atoms with Gasteiger partial charge in [0.25, 0.3) is 11.8 Å². The van der Waals surface area contributed by atoms with E-state index >= 15 is 0 Å². The van der Waals surface area contributed by atoms with Crippen LogP contribution < -0.4 is 19.7 Å². The number of ether oxygens (including phenoxy) is 1. The average molecular weight is 462 g/mol. The number of aliphatic hydroxyl groups is 1. The molecule has 1 aliphatic heterocycles. The zero-order valence-corrected chi connectivity index (χ0v) is 19.0. The van der Waals surface area contributed by atoms with E-state index in [4.69, 9.17) is 4.74 Å². The van der Waals surface area contributed by atoms with Crippen molar-refractivity contribution >= 4 is 27.5 Å². The SMILES string of the molecule is C[C@H]1COc2cccc(c2)C[C@@H](CO)NC(=O)c2cc(cc(N(C)S(C)(=O)=O)c2)C(=O)N1. The van der Waals surface area contributed by atoms with E-state index < -0.39 is 27.9 Å². The number of aliphatic hydroxyl groups excluding tert-OH is 1. The first-order valence-electron chi connectivity index (χ1n) is 10.1. The first kappa shape index (κ1) is 23.6. The van der Waals surface area contributed by atoms with Crippen LogP contribution in [0.5, 0.6) is 5.75 Å². The molecule has 2 amide bonds. The molecule has 4 bridgehead atoms. The highest BCUT2D eigenvalue weighted by molar-refractivity contribution is 7.92. The molecule has 172 valence electrons. The van der Waals surface area contributed by atoms with Crippen molar-refractivity contribution in [3.05, 3.63) is 59.2 Å². The Bertz CT molecular complexity index is 1120. The number of rotatable bonds is 3. The van der Waals surface area contributed by atoms with E-state index in [1.807, 2.05) is 18.2 Å². The summed E-state index contributed by atoms with van der Waals surface area (Å²) >= 11 is 0. The molecule has 2 aromatic rings. The van der Waals surface area contributed by atoms with Crippen LogP contribution >= 0.6 is 0 Å². The molecule has 0 saturated heterocycles. The Balaban J connectivity index is 2.05. The van der Waals surface area contributed by atoms with Crippen LogP contribution in [0, 0.1) is 0 Å². The highest BCUT2D eigenvalue weighted by Gasteiger charge is 2.21. The lowest BCUT2D eigenvalue weighted by Gasteiger charge is -2.20. The van der Waals surface area contributed by atoms with E-state index in [2.05, 4.69) is 10.6 Å². The zero-order valence-electron chi connectivity index (χ0n) is 18.2. The first-order valence-corrected chi connectivity index (χ1v) is 11.9. The van der Waals surface area contributed by atoms with E-state index in [1.54, 1.807) is 13.0 Å². The van der Waals surface area contributed by atoms with Crippen LogP contribution in [0.1, 0.15) is 33.2 Å². The van der Waals surface area contributed by atoms with Crippen LogP contribution in [0.25, 0.3) is 0 Å². The molecule has 0 radical (unpaired) electrons. The van der Waals surface area contributed by atoms with Crippen LogP contribution in [0.2, 0.25) is 0 Å². The lowest BCUT2D eigenvalue weighted by molar-refractivity contribution is 0.0916. The van der Waals surface area contributed by atoms with Crippen molar-refractivity contribution in [1.82, 2.24) is 10.6 Å². The minimum absolute atomic E-state index is 0.106. The third kappa shape index (κ3) is 5.77. The average Bonchev–Trinajstić information content (AvgIpc) is 2.75. The van der Waals surface area contributed by atoms with Crippen molar-refractivity contribution in [3.8, 4) is 5.75 Å². The van der Waals surface area contributed by atoms with Crippen molar-refractivity contribution in [1.29, 1.82) is 0 Å². The van der Waals surface area contributed by atoms with Gasteiger partial charge in [-0.1, -0.05) is 12.1 Å². The second kappa shape index (κ2) is 9.58. The molecule has 1 heterocycles. The van der Waals surface area contributed by atoms with E-state index in [0.29, 0.717) is 12.2 Å². The molecule has 3 N–H and O–H groups in total. The maximum absolute atomic E-state index is 13.0. The number of fused-ring (bicyclic) bond motifs is 4. The molecule has 0 fully saturated rings. The number of benzene rings is 2. The summed E-state index contributed by atoms with van der Waals surface area (Å²) in [6, 6.07) is 10.6. The molecule has 0 saturated carbocycles. The standard InChI is InChI=1S/C22H27N3O6S/c1-14-13-31-20-6-4-5-15(8-20)7-18(12-26)24-22(28)17-9-16(21(27)23-14)10-19(11-17)25(2)32(3,29)30/h4-6,8-11,14,18,26H,7,12-13H2,1-3H3,(H,23,27)(H,24,28)/t14-,18-/m0/s1. The Morgan fingerprint density at radius 2 is 1.75 bits per heavy atom. The van der Waals surface area contributed by atoms with Crippen molar-refractivity contribution in [3.63, 3.8) is 0 Å². The van der Waals surface area contributed by atoms with Crippen molar-refractivity contribution in [2.45, 2.75) is 25.4 Å². The van der Waals surface area contributed by atoms with Gasteiger partial charge in [0, 0.05) is 18.2 Å². The van der Waals surface area contributed by atoms with E-state index in [0.717, 1.165) is 16.1 Å². The number of nitrogens with one attached hydrogen (secondary N) is 2. The molecule has 9 nitrogen and oxygen atoms in total. The Morgan fingerprint density at radius 3 is 2.38 bits per heavy atom. The Morgan fingerprint density at radius 1 is 1.09 bits per heavy atom. The van der Waals surface area contributed by atoms with Crippen LogP contribution in [0.15, 0.2) is 42.5 Å². The minimum Gasteiger partial charge on any atom is -0.491 e. The monoisotopic (exact) mass is 461 g/mol. The second-order valence-electron chi connectivity index (χ2n) is 7.89. The van der Waals surface area contributed by atoms with Gasteiger partial charge in [-0.05, 0) is 49.2 Å². The van der Waals surface area contributed by atoms with E-state index in [-0.39, 0.29) is 36.1 Å². The number of sulfonamides is 1. The lowest BCUT2D eigenvalue weighted by Crippen LogP contribution is -2.39. The van der Waals surface area contributed by atoms with Crippen LogP contribution in [-0.2, 0) is 16.4 Å². The highest BCUT2D eigenvalue weighted by atomic mass is 32.2. The number of nitrogens with zero attached hydrogens (tertiary/aromatic N) is 1. The van der Waals surface area contributed by atoms with Crippen molar-refractivity contribution in [2.75, 3.05) is 30.8 Å². The molecule has 0 spiro atoms. The summed E-state index contributed by atoms with van der Waals surface area (Å²) in [5.41, 5.74) is 1.27. The van der Waals surface area contributed by atoms with E-state index in [9.17, 15) is 23.1 Å². The third-order valence-corrected chi connectivity index (χ3v) is 6.32. The number of hydrogen-bond acceptors (Lipinski definition) is 6. The second-order valence-corrected chi connectivity index (χ2v) is 9.90. The van der Waals surface area contributed by atoms with Gasteiger partial charge in [0.2, 0.25) is 10.0 Å². The minimum atomic E-state index is -3.62. The summed E-state index contributed by atoms with van der Waals surface area (Å²) in [6.07, 6.45) is 1.39. The van der Waals surface area contributed by atoms with Crippen LogP contribution in [0.4, 0.5) is 5.69 Å². The summed E-state index contributed by atoms with van der Waals surface area (Å²) < 4.78 is 30.9. The van der Waals surface area contributed by atoms with Crippen LogP contribution in [-0.4, -0.2) is 63.9 Å². The Kier molecular flexibility index (Phi) is 7.05. The first-order chi connectivity index (χ1) is 15.1. The van der Waals surface area contributed by atoms with E-state index in [1.165, 1.54) is 25.2 Å². The zero-order chi connectivity index (χ0) is 23.5. The van der Waals surface area contributed by atoms with Gasteiger partial charge in [-0.15, -0.1) is 0 Å². The molecular weight excluding hydrogens is 434 g/mol. The fraction of sp³-hybridized carbons (Fsp3) is 0.364. The Hall–Kier alpha value is -3.11. The van der Waals surface area contributed by atoms with Crippen LogP contribution in [0.3, 0.4) is 0 Å². The predicted molar refractivity (Wildman–Crippen MR) is 121 cm³/mol. The van der Waals surface area contributed by atoms with Crippen molar-refractivity contribution < 1.29 is 27.9 Å². The summed E-state index contributed by atoms with van der Waals surface area (Å²) in [5, 5.41) is 15.4. The van der Waals surface area contributed by atoms with Gasteiger partial charge < -0.3 is 20.5 Å². The van der Waals surface area contributed by atoms with Gasteiger partial charge >= 0.3 is 0 Å². The number of carbonyl (C=O) groups is 2. The van der Waals surface area contributed by atoms with Crippen molar-refractivity contribution in [2.24, 2.45) is 0 Å². The van der Waals surface area contributed by atoms with Gasteiger partial charge in [-0.2, -0.15) is 0 Å². The normalized spacial score (nSPS) is 19.6. The summed E-state index contributed by atoms with van der Waals surface area (Å²) in [5.74, 6) is -0.391. The molecular formula is C22H27N3O6S. The fourth-order valence-electron chi connectivity index (χ4n) is 3.29. The summed E-state index contributed by atoms with van der Waals surface area (Å²) in [4.78, 5) is 25.8. The summed E-state index contributed by atoms with van der Waals surface area (Å²) in [7, 11) is -2.28. The fourth-order valence-corrected chi connectivity index (χ4v) is 3.78. The van der Waals surface area contributed by atoms with Gasteiger partial charge in [-0.3, -0.25) is 13.9 Å². The number of anilines is 1. The molecule has 32 heavy (non-hydrogen) atoms. The Labute approximate surface area is 187 Å². The largest absolute Gasteiger partial charge is 0.491 e. The molecule has 10 heteroatoms. The molecule has 2 atom stereocenters. The molecule has 0 aromatic heterocycles. The number of hydrogen-bond donors (Lipinski definition) is 3. The predicted octanol–water partition coefficient (Wildman–Crippen LogP) is 0.927. The smallest absolute Gasteiger partial charge is 0.251 e. The quantitative estimate of drug-likeness (QED) is 0.625. The van der Waals surface area contributed by atoms with Gasteiger partial charge in [0.15, 0.2) is 0 Å². The highest BCUT2D eigenvalue weighted by Crippen LogP contribution is 2.22. The number of amides is 2. The molecule has 2 aromatic carbocycles. The maximum Gasteiger partial charge on any atom is 0.251 e. The molecule has 1 aliphatic rings. The molecule has 0 aliphatic carbocycles. The lowest BCUT2D eigenvalue weighted by atomic mass is 10.0. The third-order valence-electron chi connectivity index (χ3n) is 5.12. The van der Waals surface area contributed by atoms with Gasteiger partial charge in [-0.25, -0.2) is 8.42 Å². The summed E-state index contributed by atoms with van der Waals surface area (Å²) in [6.45, 7) is 1.69. The maximum atomic E-state index is 13.0. The molecule has 0 unspecified atom stereocenters. The van der Waals surface area contributed by atoms with Gasteiger partial charge in [0.1, 0.15) is 12.4 Å². The topological polar surface area (TPSA) is 125 Å². The van der Waals surface area contributed by atoms with Gasteiger partial charge in [0.05, 0.1) is 30.6 Å². The molecule has 3 rings (SSSR count).